The van der Waals surface area contributed by atoms with Gasteiger partial charge in [-0.1, -0.05) is 292 Å². The van der Waals surface area contributed by atoms with E-state index in [1.165, 1.54) is 154 Å². The van der Waals surface area contributed by atoms with Crippen LogP contribution < -0.4 is 0 Å². The summed E-state index contributed by atoms with van der Waals surface area (Å²) in [7, 11) is -9.90. The van der Waals surface area contributed by atoms with Gasteiger partial charge < -0.3 is 33.8 Å². The summed E-state index contributed by atoms with van der Waals surface area (Å²) in [5.74, 6) is 0.152. The van der Waals surface area contributed by atoms with Gasteiger partial charge in [0.05, 0.1) is 26.4 Å². The van der Waals surface area contributed by atoms with E-state index in [1.54, 1.807) is 0 Å². The Balaban J connectivity index is 5.24. The highest BCUT2D eigenvalue weighted by Crippen LogP contribution is 2.45. The molecule has 0 aliphatic heterocycles. The lowest BCUT2D eigenvalue weighted by Gasteiger charge is -2.21. The Hall–Kier alpha value is -1.94. The van der Waals surface area contributed by atoms with E-state index in [0.29, 0.717) is 25.7 Å². The Labute approximate surface area is 537 Å². The number of ether oxygens (including phenoxy) is 4. The molecule has 0 aromatic carbocycles. The van der Waals surface area contributed by atoms with E-state index in [-0.39, 0.29) is 25.7 Å². The maximum absolute atomic E-state index is 13.0. The number of hydrogen-bond acceptors (Lipinski definition) is 15. The summed E-state index contributed by atoms with van der Waals surface area (Å²) in [5.41, 5.74) is 0. The van der Waals surface area contributed by atoms with Gasteiger partial charge in [0, 0.05) is 25.7 Å². The molecule has 0 saturated carbocycles. The molecule has 0 spiro atoms. The van der Waals surface area contributed by atoms with Crippen LogP contribution in [0.4, 0.5) is 0 Å². The molecule has 17 nitrogen and oxygen atoms in total. The van der Waals surface area contributed by atoms with Crippen molar-refractivity contribution in [3.8, 4) is 0 Å². The number of hydrogen-bond donors (Lipinski definition) is 3. The van der Waals surface area contributed by atoms with Gasteiger partial charge in [-0.3, -0.25) is 37.3 Å². The zero-order valence-corrected chi connectivity index (χ0v) is 59.0. The number of unbranched alkanes of at least 4 members (excludes halogenated alkanes) is 34. The summed E-state index contributed by atoms with van der Waals surface area (Å²) in [6.07, 6.45) is 43.0. The molecule has 6 atom stereocenters. The normalized spacial score (nSPS) is 14.5. The maximum atomic E-state index is 13.0. The third kappa shape index (κ3) is 61.6. The first-order valence-electron chi connectivity index (χ1n) is 35.9. The maximum Gasteiger partial charge on any atom is 0.472 e. The number of carbonyl (C=O) groups excluding carboxylic acids is 4. The van der Waals surface area contributed by atoms with E-state index in [2.05, 4.69) is 48.5 Å². The minimum atomic E-state index is -4.95. The number of rotatable bonds is 67. The van der Waals surface area contributed by atoms with Crippen LogP contribution in [0.25, 0.3) is 0 Å². The van der Waals surface area contributed by atoms with Crippen molar-refractivity contribution < 1.29 is 80.2 Å². The molecule has 0 radical (unpaired) electrons. The molecule has 0 amide bonds. The molecule has 0 aliphatic rings. The van der Waals surface area contributed by atoms with Crippen LogP contribution in [0.2, 0.25) is 0 Å². The van der Waals surface area contributed by atoms with Crippen LogP contribution in [0.1, 0.15) is 344 Å². The number of phosphoric ester groups is 2. The van der Waals surface area contributed by atoms with Crippen LogP contribution in [0.3, 0.4) is 0 Å². The first kappa shape index (κ1) is 86.1. The minimum absolute atomic E-state index is 0.104. The first-order chi connectivity index (χ1) is 42.3. The summed E-state index contributed by atoms with van der Waals surface area (Å²) in [6, 6.07) is 0. The molecular formula is C69H134O17P2. The van der Waals surface area contributed by atoms with Crippen molar-refractivity contribution >= 4 is 39.5 Å². The molecule has 0 bridgehead atoms. The van der Waals surface area contributed by atoms with E-state index in [4.69, 9.17) is 37.0 Å². The number of esters is 4. The zero-order valence-electron chi connectivity index (χ0n) is 57.2. The quantitative estimate of drug-likeness (QED) is 0.0222. The number of aliphatic hydroxyl groups is 1. The van der Waals surface area contributed by atoms with Crippen molar-refractivity contribution in [1.29, 1.82) is 0 Å². The minimum Gasteiger partial charge on any atom is -0.462 e. The molecule has 0 heterocycles. The van der Waals surface area contributed by atoms with Crippen LogP contribution in [0.15, 0.2) is 0 Å². The fourth-order valence-corrected chi connectivity index (χ4v) is 11.9. The molecule has 0 aliphatic carbocycles. The lowest BCUT2D eigenvalue weighted by atomic mass is 9.99. The summed E-state index contributed by atoms with van der Waals surface area (Å²) in [4.78, 5) is 72.4. The lowest BCUT2D eigenvalue weighted by Crippen LogP contribution is -2.30. The molecule has 3 unspecified atom stereocenters. The standard InChI is InChI=1S/C69H134O17P2/c1-8-10-11-12-13-19-29-36-43-50-66(71)79-56-65(86-69(74)53-46-39-32-24-22-27-34-41-48-61(5)6)59-84-88(77,78)82-55-63(70)54-81-87(75,76)83-58-64(57-80-67(72)51-44-37-30-25-23-28-35-42-49-62(7)9-2)85-68(73)52-45-38-31-21-18-16-14-15-17-20-26-33-40-47-60(3)4/h60-65,70H,8-59H2,1-7H3,(H,75,76)(H,77,78)/t62?,63-,64-,65-/m1/s1. The summed E-state index contributed by atoms with van der Waals surface area (Å²) >= 11 is 0. The second-order valence-electron chi connectivity index (χ2n) is 26.1. The van der Waals surface area contributed by atoms with Crippen LogP contribution >= 0.6 is 15.6 Å². The predicted molar refractivity (Wildman–Crippen MR) is 354 cm³/mol. The average Bonchev–Trinajstić information content (AvgIpc) is 3.53. The number of aliphatic hydroxyl groups excluding tert-OH is 1. The molecule has 88 heavy (non-hydrogen) atoms. The average molecular weight is 1300 g/mol. The summed E-state index contributed by atoms with van der Waals surface area (Å²) in [6.45, 7) is 11.8. The molecular weight excluding hydrogens is 1160 g/mol. The molecule has 0 saturated heterocycles. The summed E-state index contributed by atoms with van der Waals surface area (Å²) < 4.78 is 68.2. The zero-order chi connectivity index (χ0) is 65.2. The van der Waals surface area contributed by atoms with Crippen molar-refractivity contribution in [2.75, 3.05) is 39.6 Å². The van der Waals surface area contributed by atoms with E-state index >= 15 is 0 Å². The van der Waals surface area contributed by atoms with Crippen LogP contribution in [-0.2, 0) is 65.4 Å². The predicted octanol–water partition coefficient (Wildman–Crippen LogP) is 19.5. The smallest absolute Gasteiger partial charge is 0.462 e. The van der Waals surface area contributed by atoms with Crippen LogP contribution in [0.5, 0.6) is 0 Å². The topological polar surface area (TPSA) is 237 Å². The van der Waals surface area contributed by atoms with Crippen molar-refractivity contribution in [3.05, 3.63) is 0 Å². The lowest BCUT2D eigenvalue weighted by molar-refractivity contribution is -0.161. The highest BCUT2D eigenvalue weighted by atomic mass is 31.2. The van der Waals surface area contributed by atoms with Gasteiger partial charge in [0.25, 0.3) is 0 Å². The molecule has 0 aromatic heterocycles. The Bertz CT molecular complexity index is 1730. The summed E-state index contributed by atoms with van der Waals surface area (Å²) in [5, 5.41) is 10.6. The van der Waals surface area contributed by atoms with Crippen molar-refractivity contribution in [3.63, 3.8) is 0 Å². The van der Waals surface area contributed by atoms with E-state index in [1.807, 2.05) is 0 Å². The fraction of sp³-hybridized carbons (Fsp3) is 0.942. The van der Waals surface area contributed by atoms with E-state index in [0.717, 1.165) is 108 Å². The Morgan fingerprint density at radius 2 is 0.580 bits per heavy atom. The van der Waals surface area contributed by atoms with Gasteiger partial charge >= 0.3 is 39.5 Å². The molecule has 19 heteroatoms. The molecule has 0 fully saturated rings. The highest BCUT2D eigenvalue weighted by Gasteiger charge is 2.30. The Morgan fingerprint density at radius 3 is 0.864 bits per heavy atom. The second-order valence-corrected chi connectivity index (χ2v) is 29.0. The van der Waals surface area contributed by atoms with Gasteiger partial charge in [-0.05, 0) is 43.4 Å². The van der Waals surface area contributed by atoms with Gasteiger partial charge in [0.2, 0.25) is 0 Å². The van der Waals surface area contributed by atoms with Crippen LogP contribution in [0, 0.1) is 17.8 Å². The largest absolute Gasteiger partial charge is 0.472 e. The van der Waals surface area contributed by atoms with E-state index in [9.17, 15) is 43.2 Å². The number of phosphoric acid groups is 2. The number of carbonyl (C=O) groups is 4. The molecule has 0 rings (SSSR count). The second kappa shape index (κ2) is 60.0. The van der Waals surface area contributed by atoms with Crippen molar-refractivity contribution in [2.24, 2.45) is 17.8 Å². The molecule has 0 aromatic rings. The third-order valence-corrected chi connectivity index (χ3v) is 18.1. The Kier molecular flexibility index (Phi) is 58.7. The van der Waals surface area contributed by atoms with Gasteiger partial charge in [0.15, 0.2) is 12.2 Å². The van der Waals surface area contributed by atoms with Gasteiger partial charge in [-0.15, -0.1) is 0 Å². The Morgan fingerprint density at radius 1 is 0.330 bits per heavy atom. The molecule has 3 N–H and O–H groups in total. The third-order valence-electron chi connectivity index (χ3n) is 16.2. The van der Waals surface area contributed by atoms with Crippen molar-refractivity contribution in [1.82, 2.24) is 0 Å². The van der Waals surface area contributed by atoms with E-state index < -0.39 is 97.5 Å². The SMILES string of the molecule is CCCCCCCCCCCC(=O)OC[C@H](COP(=O)(O)OC[C@H](O)COP(=O)(O)OC[C@@H](COC(=O)CCCCCCCCCCC(C)CC)OC(=O)CCCCCCCCCCCCCCCC(C)C)OC(=O)CCCCCCCCCCC(C)C. The van der Waals surface area contributed by atoms with Gasteiger partial charge in [-0.25, -0.2) is 9.13 Å². The monoisotopic (exact) mass is 1300 g/mol. The first-order valence-corrected chi connectivity index (χ1v) is 38.9. The van der Waals surface area contributed by atoms with Gasteiger partial charge in [0.1, 0.15) is 19.3 Å². The highest BCUT2D eigenvalue weighted by molar-refractivity contribution is 7.47. The van der Waals surface area contributed by atoms with Gasteiger partial charge in [-0.2, -0.15) is 0 Å². The molecule has 522 valence electrons. The van der Waals surface area contributed by atoms with Crippen molar-refractivity contribution in [2.45, 2.75) is 362 Å². The fourth-order valence-electron chi connectivity index (χ4n) is 10.3. The van der Waals surface area contributed by atoms with Crippen LogP contribution in [-0.4, -0.2) is 96.7 Å².